The van der Waals surface area contributed by atoms with E-state index in [0.29, 0.717) is 12.5 Å². The van der Waals surface area contributed by atoms with Gasteiger partial charge < -0.3 is 26.0 Å². The Labute approximate surface area is 125 Å². The standard InChI is InChI=1S/C13H26N4O4/c1-9(2)5-10(8-17(3)4)16-13(21)15-6-11(18)14-7-12(19)20/h9-10H,5-8H2,1-4H3,(H,14,18)(H,19,20)(H2,15,16,21). The van der Waals surface area contributed by atoms with Crippen molar-refractivity contribution in [3.63, 3.8) is 0 Å². The zero-order chi connectivity index (χ0) is 16.4. The van der Waals surface area contributed by atoms with E-state index in [1.807, 2.05) is 19.0 Å². The fourth-order valence-electron chi connectivity index (χ4n) is 1.82. The molecule has 1 unspecified atom stereocenters. The zero-order valence-corrected chi connectivity index (χ0v) is 13.1. The molecule has 0 aromatic rings. The fraction of sp³-hybridized carbons (Fsp3) is 0.769. The van der Waals surface area contributed by atoms with Crippen LogP contribution >= 0.6 is 0 Å². The Morgan fingerprint density at radius 3 is 2.19 bits per heavy atom. The molecule has 0 aliphatic heterocycles. The van der Waals surface area contributed by atoms with E-state index in [0.717, 1.165) is 6.42 Å². The molecular formula is C13H26N4O4. The number of rotatable bonds is 9. The third-order valence-corrected chi connectivity index (χ3v) is 2.52. The van der Waals surface area contributed by atoms with Gasteiger partial charge in [-0.2, -0.15) is 0 Å². The topological polar surface area (TPSA) is 111 Å². The van der Waals surface area contributed by atoms with Crippen LogP contribution in [0, 0.1) is 5.92 Å². The van der Waals surface area contributed by atoms with Crippen LogP contribution in [-0.4, -0.2) is 67.7 Å². The third-order valence-electron chi connectivity index (χ3n) is 2.52. The van der Waals surface area contributed by atoms with Gasteiger partial charge in [0.2, 0.25) is 5.91 Å². The van der Waals surface area contributed by atoms with Crippen LogP contribution < -0.4 is 16.0 Å². The van der Waals surface area contributed by atoms with Gasteiger partial charge in [0.25, 0.3) is 0 Å². The second kappa shape index (κ2) is 9.98. The van der Waals surface area contributed by atoms with Gasteiger partial charge in [0.05, 0.1) is 6.54 Å². The van der Waals surface area contributed by atoms with Crippen LogP contribution in [0.2, 0.25) is 0 Å². The lowest BCUT2D eigenvalue weighted by molar-refractivity contribution is -0.137. The first kappa shape index (κ1) is 19.2. The van der Waals surface area contributed by atoms with E-state index in [1.54, 1.807) is 0 Å². The molecule has 0 spiro atoms. The molecule has 0 radical (unpaired) electrons. The first-order valence-electron chi connectivity index (χ1n) is 6.88. The van der Waals surface area contributed by atoms with E-state index < -0.39 is 24.5 Å². The molecule has 0 heterocycles. The average Bonchev–Trinajstić information content (AvgIpc) is 2.32. The molecule has 8 nitrogen and oxygen atoms in total. The number of amides is 3. The number of aliphatic carboxylic acids is 1. The van der Waals surface area contributed by atoms with Crippen LogP contribution in [0.1, 0.15) is 20.3 Å². The maximum Gasteiger partial charge on any atom is 0.322 e. The molecular weight excluding hydrogens is 276 g/mol. The number of urea groups is 1. The van der Waals surface area contributed by atoms with Crippen LogP contribution in [0.25, 0.3) is 0 Å². The molecule has 0 aromatic heterocycles. The zero-order valence-electron chi connectivity index (χ0n) is 13.1. The van der Waals surface area contributed by atoms with Gasteiger partial charge in [-0.25, -0.2) is 4.79 Å². The number of nitrogens with one attached hydrogen (secondary N) is 3. The largest absolute Gasteiger partial charge is 0.480 e. The summed E-state index contributed by atoms with van der Waals surface area (Å²) in [7, 11) is 3.85. The molecule has 0 aliphatic rings. The summed E-state index contributed by atoms with van der Waals surface area (Å²) in [5.41, 5.74) is 0. The highest BCUT2D eigenvalue weighted by Crippen LogP contribution is 2.05. The maximum atomic E-state index is 11.7. The van der Waals surface area contributed by atoms with Crippen LogP contribution in [0.4, 0.5) is 4.79 Å². The van der Waals surface area contributed by atoms with E-state index in [1.165, 1.54) is 0 Å². The Morgan fingerprint density at radius 2 is 1.71 bits per heavy atom. The van der Waals surface area contributed by atoms with Gasteiger partial charge in [-0.3, -0.25) is 9.59 Å². The molecule has 4 N–H and O–H groups in total. The Kier molecular flexibility index (Phi) is 9.11. The average molecular weight is 302 g/mol. The lowest BCUT2D eigenvalue weighted by atomic mass is 10.0. The van der Waals surface area contributed by atoms with E-state index in [2.05, 4.69) is 29.8 Å². The molecule has 0 aromatic carbocycles. The molecule has 0 saturated heterocycles. The molecule has 0 bridgehead atoms. The summed E-state index contributed by atoms with van der Waals surface area (Å²) < 4.78 is 0. The van der Waals surface area contributed by atoms with Gasteiger partial charge in [0.1, 0.15) is 6.54 Å². The Morgan fingerprint density at radius 1 is 1.10 bits per heavy atom. The predicted molar refractivity (Wildman–Crippen MR) is 79.0 cm³/mol. The van der Waals surface area contributed by atoms with Gasteiger partial charge in [0.15, 0.2) is 0 Å². The highest BCUT2D eigenvalue weighted by molar-refractivity contribution is 5.86. The second-order valence-electron chi connectivity index (χ2n) is 5.59. The van der Waals surface area contributed by atoms with Crippen molar-refractivity contribution < 1.29 is 19.5 Å². The van der Waals surface area contributed by atoms with Crippen molar-refractivity contribution in [2.45, 2.75) is 26.3 Å². The van der Waals surface area contributed by atoms with Gasteiger partial charge in [-0.15, -0.1) is 0 Å². The summed E-state index contributed by atoms with van der Waals surface area (Å²) >= 11 is 0. The number of carboxylic acids is 1. The van der Waals surface area contributed by atoms with Crippen LogP contribution in [-0.2, 0) is 9.59 Å². The monoisotopic (exact) mass is 302 g/mol. The van der Waals surface area contributed by atoms with Gasteiger partial charge >= 0.3 is 12.0 Å². The number of carbonyl (C=O) groups excluding carboxylic acids is 2. The highest BCUT2D eigenvalue weighted by atomic mass is 16.4. The van der Waals surface area contributed by atoms with E-state index in [-0.39, 0.29) is 12.6 Å². The summed E-state index contributed by atoms with van der Waals surface area (Å²) in [5.74, 6) is -1.23. The second-order valence-corrected chi connectivity index (χ2v) is 5.59. The van der Waals surface area contributed by atoms with Crippen molar-refractivity contribution in [3.05, 3.63) is 0 Å². The third kappa shape index (κ3) is 11.7. The van der Waals surface area contributed by atoms with Crippen molar-refractivity contribution in [2.24, 2.45) is 5.92 Å². The minimum Gasteiger partial charge on any atom is -0.480 e. The molecule has 122 valence electrons. The molecule has 3 amide bonds. The maximum absolute atomic E-state index is 11.7. The van der Waals surface area contributed by atoms with Crippen molar-refractivity contribution in [1.82, 2.24) is 20.9 Å². The van der Waals surface area contributed by atoms with Gasteiger partial charge in [0, 0.05) is 12.6 Å². The first-order valence-corrected chi connectivity index (χ1v) is 6.88. The smallest absolute Gasteiger partial charge is 0.322 e. The highest BCUT2D eigenvalue weighted by Gasteiger charge is 2.15. The molecule has 1 atom stereocenters. The number of hydrogen-bond donors (Lipinski definition) is 4. The van der Waals surface area contributed by atoms with Crippen molar-refractivity contribution in [1.29, 1.82) is 0 Å². The number of nitrogens with zero attached hydrogens (tertiary/aromatic N) is 1. The summed E-state index contributed by atoms with van der Waals surface area (Å²) in [6.45, 7) is 4.13. The Bertz CT molecular complexity index is 348. The quantitative estimate of drug-likeness (QED) is 0.457. The van der Waals surface area contributed by atoms with Gasteiger partial charge in [-0.1, -0.05) is 13.8 Å². The van der Waals surface area contributed by atoms with Gasteiger partial charge in [-0.05, 0) is 26.4 Å². The van der Waals surface area contributed by atoms with Crippen LogP contribution in [0.15, 0.2) is 0 Å². The van der Waals surface area contributed by atoms with E-state index in [9.17, 15) is 14.4 Å². The normalized spacial score (nSPS) is 12.1. The van der Waals surface area contributed by atoms with E-state index in [4.69, 9.17) is 5.11 Å². The molecule has 0 aliphatic carbocycles. The SMILES string of the molecule is CC(C)CC(CN(C)C)NC(=O)NCC(=O)NCC(=O)O. The molecule has 0 fully saturated rings. The Balaban J connectivity index is 4.12. The Hall–Kier alpha value is -1.83. The van der Waals surface area contributed by atoms with Crippen LogP contribution in [0.3, 0.4) is 0 Å². The number of carbonyl (C=O) groups is 3. The minimum atomic E-state index is -1.13. The summed E-state index contributed by atoms with van der Waals surface area (Å²) in [6.07, 6.45) is 0.830. The van der Waals surface area contributed by atoms with Crippen LogP contribution in [0.5, 0.6) is 0 Å². The lowest BCUT2D eigenvalue weighted by Gasteiger charge is -2.24. The first-order chi connectivity index (χ1) is 9.70. The summed E-state index contributed by atoms with van der Waals surface area (Å²) in [5, 5.41) is 15.8. The molecule has 8 heteroatoms. The van der Waals surface area contributed by atoms with Crippen molar-refractivity contribution in [2.75, 3.05) is 33.7 Å². The lowest BCUT2D eigenvalue weighted by Crippen LogP contribution is -2.49. The molecule has 0 saturated carbocycles. The number of hydrogen-bond acceptors (Lipinski definition) is 4. The van der Waals surface area contributed by atoms with E-state index >= 15 is 0 Å². The summed E-state index contributed by atoms with van der Waals surface area (Å²) in [6, 6.07) is -0.449. The fourth-order valence-corrected chi connectivity index (χ4v) is 1.82. The molecule has 0 rings (SSSR count). The van der Waals surface area contributed by atoms with Crippen molar-refractivity contribution >= 4 is 17.9 Å². The number of carboxylic acid groups (broad SMARTS) is 1. The number of likely N-dealkylation sites (N-methyl/N-ethyl adjacent to an activating group) is 1. The predicted octanol–water partition coefficient (Wildman–Crippen LogP) is -0.537. The summed E-state index contributed by atoms with van der Waals surface area (Å²) in [4.78, 5) is 35.2. The van der Waals surface area contributed by atoms with Crippen molar-refractivity contribution in [3.8, 4) is 0 Å². The minimum absolute atomic E-state index is 0.0120. The molecule has 21 heavy (non-hydrogen) atoms.